The summed E-state index contributed by atoms with van der Waals surface area (Å²) < 4.78 is 0. The number of halogens is 1. The van der Waals surface area contributed by atoms with Gasteiger partial charge >= 0.3 is 0 Å². The molecule has 0 aliphatic carbocycles. The second-order valence-electron chi connectivity index (χ2n) is 4.58. The molecule has 19 heavy (non-hydrogen) atoms. The van der Waals surface area contributed by atoms with Crippen molar-refractivity contribution in [2.45, 2.75) is 26.1 Å². The molecular weight excluding hydrogens is 278 g/mol. The summed E-state index contributed by atoms with van der Waals surface area (Å²) in [6, 6.07) is 8.28. The van der Waals surface area contributed by atoms with Crippen molar-refractivity contribution in [3.8, 4) is 0 Å². The summed E-state index contributed by atoms with van der Waals surface area (Å²) in [4.78, 5) is 6.74. The monoisotopic (exact) mass is 295 g/mol. The minimum atomic E-state index is 0.293. The van der Waals surface area contributed by atoms with Crippen molar-refractivity contribution in [2.75, 3.05) is 7.05 Å². The fraction of sp³-hybridized carbons (Fsp3) is 0.357. The van der Waals surface area contributed by atoms with Gasteiger partial charge in [0.1, 0.15) is 5.01 Å². The number of thiazole rings is 1. The Morgan fingerprint density at radius 1 is 1.47 bits per heavy atom. The fourth-order valence-corrected chi connectivity index (χ4v) is 2.79. The van der Waals surface area contributed by atoms with Gasteiger partial charge in [-0.1, -0.05) is 23.7 Å². The molecule has 0 fully saturated rings. The molecule has 0 aliphatic heterocycles. The number of nitrogens with zero attached hydrogens (tertiary/aromatic N) is 2. The van der Waals surface area contributed by atoms with Gasteiger partial charge in [-0.3, -0.25) is 4.90 Å². The average Bonchev–Trinajstić information content (AvgIpc) is 2.85. The second-order valence-corrected chi connectivity index (χ2v) is 5.96. The van der Waals surface area contributed by atoms with Crippen LogP contribution in [0.25, 0.3) is 0 Å². The zero-order chi connectivity index (χ0) is 13.8. The average molecular weight is 296 g/mol. The first kappa shape index (κ1) is 14.5. The maximum Gasteiger partial charge on any atom is 0.106 e. The highest BCUT2D eigenvalue weighted by Gasteiger charge is 2.13. The highest BCUT2D eigenvalue weighted by atomic mass is 35.5. The van der Waals surface area contributed by atoms with E-state index in [1.807, 2.05) is 18.2 Å². The molecule has 3 nitrogen and oxygen atoms in total. The van der Waals surface area contributed by atoms with E-state index in [-0.39, 0.29) is 0 Å². The summed E-state index contributed by atoms with van der Waals surface area (Å²) in [6.07, 6.45) is 0. The van der Waals surface area contributed by atoms with Crippen LogP contribution < -0.4 is 5.73 Å². The van der Waals surface area contributed by atoms with E-state index in [1.54, 1.807) is 11.3 Å². The van der Waals surface area contributed by atoms with Crippen molar-refractivity contribution in [1.29, 1.82) is 0 Å². The maximum absolute atomic E-state index is 6.03. The second kappa shape index (κ2) is 6.48. The summed E-state index contributed by atoms with van der Waals surface area (Å²) in [5.41, 5.74) is 7.86. The Kier molecular flexibility index (Phi) is 4.93. The summed E-state index contributed by atoms with van der Waals surface area (Å²) in [7, 11) is 2.09. The topological polar surface area (TPSA) is 42.1 Å². The molecule has 2 N–H and O–H groups in total. The zero-order valence-corrected chi connectivity index (χ0v) is 12.7. The van der Waals surface area contributed by atoms with Crippen molar-refractivity contribution in [1.82, 2.24) is 9.88 Å². The van der Waals surface area contributed by atoms with Crippen molar-refractivity contribution >= 4 is 22.9 Å². The molecule has 1 heterocycles. The maximum atomic E-state index is 6.03. The van der Waals surface area contributed by atoms with E-state index < -0.39 is 0 Å². The summed E-state index contributed by atoms with van der Waals surface area (Å²) in [5, 5.41) is 3.83. The Morgan fingerprint density at radius 2 is 2.26 bits per heavy atom. The third kappa shape index (κ3) is 3.76. The first-order valence-corrected chi connectivity index (χ1v) is 7.45. The van der Waals surface area contributed by atoms with Gasteiger partial charge in [-0.05, 0) is 31.7 Å². The van der Waals surface area contributed by atoms with E-state index in [9.17, 15) is 0 Å². The summed E-state index contributed by atoms with van der Waals surface area (Å²) in [5.74, 6) is 0. The van der Waals surface area contributed by atoms with E-state index in [1.165, 1.54) is 5.56 Å². The van der Waals surface area contributed by atoms with Gasteiger partial charge in [0.2, 0.25) is 0 Å². The van der Waals surface area contributed by atoms with Crippen molar-refractivity contribution < 1.29 is 0 Å². The fourth-order valence-electron chi connectivity index (χ4n) is 1.93. The van der Waals surface area contributed by atoms with Crippen LogP contribution in [0.1, 0.15) is 29.2 Å². The standard InChI is InChI=1S/C14H18ClN3S/c1-10(11-4-3-5-12(15)6-11)18(2)8-13-9-19-14(7-16)17-13/h3-6,9-10H,7-8,16H2,1-2H3. The van der Waals surface area contributed by atoms with E-state index in [4.69, 9.17) is 17.3 Å². The van der Waals surface area contributed by atoms with E-state index in [0.29, 0.717) is 12.6 Å². The lowest BCUT2D eigenvalue weighted by Gasteiger charge is -2.24. The molecule has 1 atom stereocenters. The molecule has 0 amide bonds. The number of hydrogen-bond donors (Lipinski definition) is 1. The lowest BCUT2D eigenvalue weighted by molar-refractivity contribution is 0.250. The molecule has 1 unspecified atom stereocenters. The van der Waals surface area contributed by atoms with Gasteiger partial charge in [0.15, 0.2) is 0 Å². The first-order valence-electron chi connectivity index (χ1n) is 6.19. The first-order chi connectivity index (χ1) is 9.10. The van der Waals surface area contributed by atoms with Crippen LogP contribution in [0, 0.1) is 0 Å². The molecule has 0 bridgehead atoms. The van der Waals surface area contributed by atoms with Crippen LogP contribution in [0.3, 0.4) is 0 Å². The highest BCUT2D eigenvalue weighted by Crippen LogP contribution is 2.23. The number of nitrogens with two attached hydrogens (primary N) is 1. The van der Waals surface area contributed by atoms with Gasteiger partial charge in [-0.2, -0.15) is 0 Å². The molecule has 0 aliphatic rings. The minimum absolute atomic E-state index is 0.293. The largest absolute Gasteiger partial charge is 0.325 e. The SMILES string of the molecule is CC(c1cccc(Cl)c1)N(C)Cc1csc(CN)n1. The van der Waals surface area contributed by atoms with Gasteiger partial charge in [0, 0.05) is 29.5 Å². The van der Waals surface area contributed by atoms with Crippen molar-refractivity contribution in [2.24, 2.45) is 5.73 Å². The van der Waals surface area contributed by atoms with Crippen LogP contribution in [0.15, 0.2) is 29.6 Å². The van der Waals surface area contributed by atoms with Crippen molar-refractivity contribution in [3.63, 3.8) is 0 Å². The molecule has 2 aromatic rings. The molecule has 1 aromatic heterocycles. The molecule has 1 aromatic carbocycles. The van der Waals surface area contributed by atoms with Crippen LogP contribution >= 0.6 is 22.9 Å². The molecule has 0 saturated heterocycles. The summed E-state index contributed by atoms with van der Waals surface area (Å²) in [6.45, 7) is 3.49. The van der Waals surface area contributed by atoms with Crippen LogP contribution in [-0.4, -0.2) is 16.9 Å². The van der Waals surface area contributed by atoms with Gasteiger partial charge in [0.25, 0.3) is 0 Å². The normalized spacial score (nSPS) is 12.9. The predicted octanol–water partition coefficient (Wildman–Crippen LogP) is 3.45. The smallest absolute Gasteiger partial charge is 0.106 e. The Balaban J connectivity index is 2.04. The number of rotatable bonds is 5. The Morgan fingerprint density at radius 3 is 2.89 bits per heavy atom. The lowest BCUT2D eigenvalue weighted by Crippen LogP contribution is -2.22. The molecule has 5 heteroatoms. The van der Waals surface area contributed by atoms with E-state index in [0.717, 1.165) is 22.3 Å². The van der Waals surface area contributed by atoms with E-state index >= 15 is 0 Å². The highest BCUT2D eigenvalue weighted by molar-refractivity contribution is 7.09. The van der Waals surface area contributed by atoms with Gasteiger partial charge < -0.3 is 5.73 Å². The third-order valence-corrected chi connectivity index (χ3v) is 4.33. The number of aromatic nitrogens is 1. The van der Waals surface area contributed by atoms with Crippen LogP contribution in [0.5, 0.6) is 0 Å². The van der Waals surface area contributed by atoms with Crippen molar-refractivity contribution in [3.05, 3.63) is 50.9 Å². The summed E-state index contributed by atoms with van der Waals surface area (Å²) >= 11 is 7.65. The van der Waals surface area contributed by atoms with E-state index in [2.05, 4.69) is 35.3 Å². The number of hydrogen-bond acceptors (Lipinski definition) is 4. The number of benzene rings is 1. The van der Waals surface area contributed by atoms with Crippen LogP contribution in [-0.2, 0) is 13.1 Å². The Hall–Kier alpha value is -0.940. The van der Waals surface area contributed by atoms with Gasteiger partial charge in [0.05, 0.1) is 5.69 Å². The Bertz CT molecular complexity index is 541. The predicted molar refractivity (Wildman–Crippen MR) is 81.3 cm³/mol. The third-order valence-electron chi connectivity index (χ3n) is 3.18. The molecule has 0 saturated carbocycles. The minimum Gasteiger partial charge on any atom is -0.325 e. The Labute approximate surface area is 123 Å². The molecular formula is C14H18ClN3S. The lowest BCUT2D eigenvalue weighted by atomic mass is 10.1. The molecule has 0 radical (unpaired) electrons. The zero-order valence-electron chi connectivity index (χ0n) is 11.1. The molecule has 2 rings (SSSR count). The van der Waals surface area contributed by atoms with Gasteiger partial charge in [-0.15, -0.1) is 11.3 Å². The van der Waals surface area contributed by atoms with Crippen LogP contribution in [0.2, 0.25) is 5.02 Å². The molecule has 102 valence electrons. The molecule has 0 spiro atoms. The van der Waals surface area contributed by atoms with Gasteiger partial charge in [-0.25, -0.2) is 4.98 Å². The van der Waals surface area contributed by atoms with Crippen LogP contribution in [0.4, 0.5) is 0 Å². The quantitative estimate of drug-likeness (QED) is 0.919.